The van der Waals surface area contributed by atoms with E-state index in [1.165, 1.54) is 0 Å². The van der Waals surface area contributed by atoms with Crippen LogP contribution in [0.1, 0.15) is 27.0 Å². The lowest BCUT2D eigenvalue weighted by molar-refractivity contribution is -0.144. The summed E-state index contributed by atoms with van der Waals surface area (Å²) in [5.41, 5.74) is -4.70. The van der Waals surface area contributed by atoms with E-state index in [1.807, 2.05) is 0 Å². The minimum Gasteiger partial charge on any atom is -0.444 e. The predicted molar refractivity (Wildman–Crippen MR) is 94.1 cm³/mol. The second-order valence-electron chi connectivity index (χ2n) is 5.99. The highest BCUT2D eigenvalue weighted by molar-refractivity contribution is 5.96. The van der Waals surface area contributed by atoms with Crippen molar-refractivity contribution in [2.24, 2.45) is 0 Å². The highest BCUT2D eigenvalue weighted by atomic mass is 19.4. The van der Waals surface area contributed by atoms with Crippen molar-refractivity contribution in [2.45, 2.75) is 25.0 Å². The van der Waals surface area contributed by atoms with Crippen LogP contribution in [-0.4, -0.2) is 18.0 Å². The SMILES string of the molecule is C=CC(OC(=O)c1c(C(F)(F)F)cccc1C(F)(F)F)C(=O)NCc1ccccc1. The maximum atomic E-state index is 13.2. The third kappa shape index (κ3) is 5.62. The molecule has 0 spiro atoms. The summed E-state index contributed by atoms with van der Waals surface area (Å²) in [4.78, 5) is 24.5. The molecule has 2 rings (SSSR count). The van der Waals surface area contributed by atoms with Crippen LogP contribution < -0.4 is 5.32 Å². The first-order valence-corrected chi connectivity index (χ1v) is 8.37. The van der Waals surface area contributed by atoms with Gasteiger partial charge in [0.2, 0.25) is 0 Å². The van der Waals surface area contributed by atoms with Gasteiger partial charge in [-0.25, -0.2) is 4.79 Å². The van der Waals surface area contributed by atoms with Gasteiger partial charge in [-0.2, -0.15) is 26.3 Å². The monoisotopic (exact) mass is 431 g/mol. The first-order valence-electron chi connectivity index (χ1n) is 8.37. The zero-order chi connectivity index (χ0) is 22.5. The van der Waals surface area contributed by atoms with Gasteiger partial charge < -0.3 is 10.1 Å². The number of carbonyl (C=O) groups excluding carboxylic acids is 2. The van der Waals surface area contributed by atoms with Crippen molar-refractivity contribution in [3.05, 3.63) is 83.4 Å². The molecule has 2 aromatic rings. The topological polar surface area (TPSA) is 55.4 Å². The third-order valence-corrected chi connectivity index (χ3v) is 3.90. The van der Waals surface area contributed by atoms with Crippen LogP contribution in [0.15, 0.2) is 61.2 Å². The fourth-order valence-corrected chi connectivity index (χ4v) is 2.51. The van der Waals surface area contributed by atoms with Gasteiger partial charge in [-0.3, -0.25) is 4.79 Å². The molecule has 10 heteroatoms. The third-order valence-electron chi connectivity index (χ3n) is 3.90. The van der Waals surface area contributed by atoms with E-state index < -0.39 is 47.0 Å². The van der Waals surface area contributed by atoms with Crippen LogP contribution in [-0.2, 0) is 28.4 Å². The molecule has 0 aliphatic rings. The number of rotatable bonds is 6. The standard InChI is InChI=1S/C20H15F6NO3/c1-2-15(17(28)27-11-12-7-4-3-5-8-12)30-18(29)16-13(19(21,22)23)9-6-10-14(16)20(24,25)26/h2-10,15H,1,11H2,(H,27,28). The van der Waals surface area contributed by atoms with Crippen LogP contribution in [0.2, 0.25) is 0 Å². The Hall–Kier alpha value is -3.30. The summed E-state index contributed by atoms with van der Waals surface area (Å²) in [5.74, 6) is -2.91. The van der Waals surface area contributed by atoms with Crippen molar-refractivity contribution in [1.82, 2.24) is 5.32 Å². The number of hydrogen-bond donors (Lipinski definition) is 1. The van der Waals surface area contributed by atoms with Crippen LogP contribution in [0.4, 0.5) is 26.3 Å². The summed E-state index contributed by atoms with van der Waals surface area (Å²) < 4.78 is 83.8. The lowest BCUT2D eigenvalue weighted by Gasteiger charge is -2.20. The van der Waals surface area contributed by atoms with Crippen molar-refractivity contribution in [1.29, 1.82) is 0 Å². The molecule has 1 unspecified atom stereocenters. The van der Waals surface area contributed by atoms with Crippen LogP contribution in [0, 0.1) is 0 Å². The molecule has 0 aliphatic heterocycles. The Labute approximate surface area is 167 Å². The molecule has 0 bridgehead atoms. The molecule has 0 aliphatic carbocycles. The van der Waals surface area contributed by atoms with Gasteiger partial charge in [0, 0.05) is 6.54 Å². The summed E-state index contributed by atoms with van der Waals surface area (Å²) in [6.07, 6.45) is -11.5. The molecule has 1 amide bonds. The maximum Gasteiger partial charge on any atom is 0.417 e. The van der Waals surface area contributed by atoms with Crippen molar-refractivity contribution < 1.29 is 40.7 Å². The van der Waals surface area contributed by atoms with Gasteiger partial charge in [-0.1, -0.05) is 43.0 Å². The minimum absolute atomic E-state index is 0.00545. The fourth-order valence-electron chi connectivity index (χ4n) is 2.51. The lowest BCUT2D eigenvalue weighted by Crippen LogP contribution is -2.36. The van der Waals surface area contributed by atoms with Crippen molar-refractivity contribution >= 4 is 11.9 Å². The van der Waals surface area contributed by atoms with E-state index in [4.69, 9.17) is 0 Å². The van der Waals surface area contributed by atoms with Crippen molar-refractivity contribution in [2.75, 3.05) is 0 Å². The molecule has 1 N–H and O–H groups in total. The molecule has 0 saturated heterocycles. The van der Waals surface area contributed by atoms with E-state index in [0.717, 1.165) is 6.08 Å². The second-order valence-corrected chi connectivity index (χ2v) is 5.99. The molecule has 0 saturated carbocycles. The smallest absolute Gasteiger partial charge is 0.417 e. The fraction of sp³-hybridized carbons (Fsp3) is 0.200. The molecule has 2 aromatic carbocycles. The summed E-state index contributed by atoms with van der Waals surface area (Å²) in [6, 6.07) is 9.64. The molecule has 30 heavy (non-hydrogen) atoms. The zero-order valence-electron chi connectivity index (χ0n) is 15.2. The zero-order valence-corrected chi connectivity index (χ0v) is 15.2. The Bertz CT molecular complexity index is 890. The van der Waals surface area contributed by atoms with E-state index in [-0.39, 0.29) is 6.54 Å². The van der Waals surface area contributed by atoms with Crippen LogP contribution >= 0.6 is 0 Å². The number of carbonyl (C=O) groups is 2. The van der Waals surface area contributed by atoms with E-state index in [2.05, 4.69) is 16.6 Å². The molecule has 160 valence electrons. The number of ether oxygens (including phenoxy) is 1. The first-order chi connectivity index (χ1) is 13.9. The van der Waals surface area contributed by atoms with E-state index in [9.17, 15) is 35.9 Å². The van der Waals surface area contributed by atoms with Gasteiger partial charge in [0.25, 0.3) is 5.91 Å². The Morgan fingerprint density at radius 2 is 1.47 bits per heavy atom. The lowest BCUT2D eigenvalue weighted by atomic mass is 10.00. The Balaban J connectivity index is 2.28. The van der Waals surface area contributed by atoms with Crippen LogP contribution in [0.5, 0.6) is 0 Å². The quantitative estimate of drug-likeness (QED) is 0.408. The normalized spacial score (nSPS) is 12.7. The number of alkyl halides is 6. The first kappa shape index (κ1) is 23.0. The van der Waals surface area contributed by atoms with E-state index >= 15 is 0 Å². The van der Waals surface area contributed by atoms with E-state index in [1.54, 1.807) is 30.3 Å². The molecule has 0 heterocycles. The highest BCUT2D eigenvalue weighted by Gasteiger charge is 2.43. The van der Waals surface area contributed by atoms with Gasteiger partial charge in [-0.05, 0) is 23.8 Å². The van der Waals surface area contributed by atoms with Gasteiger partial charge in [-0.15, -0.1) is 0 Å². The molecule has 4 nitrogen and oxygen atoms in total. The average Bonchev–Trinajstić information content (AvgIpc) is 2.68. The number of amides is 1. The summed E-state index contributed by atoms with van der Waals surface area (Å²) >= 11 is 0. The molecule has 0 aromatic heterocycles. The van der Waals surface area contributed by atoms with Gasteiger partial charge >= 0.3 is 18.3 Å². The number of benzene rings is 2. The Morgan fingerprint density at radius 1 is 0.933 bits per heavy atom. The van der Waals surface area contributed by atoms with Gasteiger partial charge in [0.15, 0.2) is 6.10 Å². The number of hydrogen-bond acceptors (Lipinski definition) is 3. The number of esters is 1. The number of nitrogens with one attached hydrogen (secondary N) is 1. The van der Waals surface area contributed by atoms with E-state index in [0.29, 0.717) is 23.8 Å². The molecule has 1 atom stereocenters. The molecular formula is C20H15F6NO3. The molecule has 0 fully saturated rings. The number of halogens is 6. The van der Waals surface area contributed by atoms with Gasteiger partial charge in [0.1, 0.15) is 0 Å². The van der Waals surface area contributed by atoms with Crippen LogP contribution in [0.25, 0.3) is 0 Å². The summed E-state index contributed by atoms with van der Waals surface area (Å²) in [7, 11) is 0. The molecule has 0 radical (unpaired) electrons. The van der Waals surface area contributed by atoms with Crippen molar-refractivity contribution in [3.63, 3.8) is 0 Å². The van der Waals surface area contributed by atoms with Crippen molar-refractivity contribution in [3.8, 4) is 0 Å². The summed E-state index contributed by atoms with van der Waals surface area (Å²) in [6.45, 7) is 3.24. The Kier molecular flexibility index (Phi) is 6.91. The maximum absolute atomic E-state index is 13.2. The summed E-state index contributed by atoms with van der Waals surface area (Å²) in [5, 5.41) is 2.36. The molecular weight excluding hydrogens is 416 g/mol. The largest absolute Gasteiger partial charge is 0.444 e. The average molecular weight is 431 g/mol. The predicted octanol–water partition coefficient (Wildman–Crippen LogP) is 4.75. The second kappa shape index (κ2) is 9.02. The Morgan fingerprint density at radius 3 is 1.93 bits per heavy atom. The van der Waals surface area contributed by atoms with Crippen LogP contribution in [0.3, 0.4) is 0 Å². The highest BCUT2D eigenvalue weighted by Crippen LogP contribution is 2.39. The van der Waals surface area contributed by atoms with Gasteiger partial charge in [0.05, 0.1) is 16.7 Å². The minimum atomic E-state index is -5.26.